The van der Waals surface area contributed by atoms with Crippen molar-refractivity contribution in [2.45, 2.75) is 6.92 Å². The summed E-state index contributed by atoms with van der Waals surface area (Å²) in [5.41, 5.74) is 1.35. The quantitative estimate of drug-likeness (QED) is 0.843. The van der Waals surface area contributed by atoms with Gasteiger partial charge < -0.3 is 24.6 Å². The summed E-state index contributed by atoms with van der Waals surface area (Å²) < 4.78 is 10.6. The topological polar surface area (TPSA) is 66.9 Å². The third-order valence-corrected chi connectivity index (χ3v) is 4.79. The molecule has 27 heavy (non-hydrogen) atoms. The summed E-state index contributed by atoms with van der Waals surface area (Å²) in [6.07, 6.45) is 1.61. The van der Waals surface area contributed by atoms with Crippen LogP contribution in [0.5, 0.6) is 11.5 Å². The third kappa shape index (κ3) is 4.49. The maximum Gasteiger partial charge on any atom is 0.255 e. The lowest BCUT2D eigenvalue weighted by atomic mass is 10.2. The zero-order chi connectivity index (χ0) is 19.2. The maximum atomic E-state index is 12.7. The first-order chi connectivity index (χ1) is 13.1. The molecule has 0 aliphatic carbocycles. The fourth-order valence-corrected chi connectivity index (χ4v) is 3.09. The average Bonchev–Trinajstić information content (AvgIpc) is 2.73. The van der Waals surface area contributed by atoms with Gasteiger partial charge in [0.1, 0.15) is 17.3 Å². The molecule has 2 aromatic rings. The highest BCUT2D eigenvalue weighted by atomic mass is 16.5. The lowest BCUT2D eigenvalue weighted by Gasteiger charge is -2.34. The molecule has 0 saturated carbocycles. The van der Waals surface area contributed by atoms with E-state index in [1.807, 2.05) is 23.1 Å². The Kier molecular flexibility index (Phi) is 6.13. The Morgan fingerprint density at radius 3 is 2.48 bits per heavy atom. The van der Waals surface area contributed by atoms with Gasteiger partial charge in [0.05, 0.1) is 25.5 Å². The van der Waals surface area contributed by atoms with Gasteiger partial charge in [-0.3, -0.25) is 4.79 Å². The molecule has 1 N–H and O–H groups in total. The first-order valence-electron chi connectivity index (χ1n) is 9.11. The lowest BCUT2D eigenvalue weighted by Crippen LogP contribution is -2.48. The number of amides is 1. The van der Waals surface area contributed by atoms with E-state index in [2.05, 4.69) is 22.1 Å². The number of carbonyl (C=O) groups excluding carboxylic acids is 1. The molecule has 7 heteroatoms. The number of rotatable bonds is 6. The number of ether oxygens (including phenoxy) is 2. The number of methoxy groups -OCH3 is 2. The van der Waals surface area contributed by atoms with Crippen LogP contribution in [0.3, 0.4) is 0 Å². The number of anilines is 2. The molecular formula is C20H26N4O3. The zero-order valence-corrected chi connectivity index (χ0v) is 16.1. The minimum Gasteiger partial charge on any atom is -0.497 e. The molecule has 1 aromatic heterocycles. The van der Waals surface area contributed by atoms with Gasteiger partial charge in [0.25, 0.3) is 5.91 Å². The van der Waals surface area contributed by atoms with Gasteiger partial charge in [-0.25, -0.2) is 4.98 Å². The van der Waals surface area contributed by atoms with E-state index in [0.29, 0.717) is 17.1 Å². The number of benzene rings is 1. The molecule has 1 saturated heterocycles. The minimum atomic E-state index is 0.0313. The summed E-state index contributed by atoms with van der Waals surface area (Å²) >= 11 is 0. The normalized spacial score (nSPS) is 14.7. The van der Waals surface area contributed by atoms with E-state index >= 15 is 0 Å². The Hall–Kier alpha value is -2.80. The molecule has 7 nitrogen and oxygen atoms in total. The van der Waals surface area contributed by atoms with Gasteiger partial charge in [0, 0.05) is 38.4 Å². The Balaban J connectivity index is 1.68. The fourth-order valence-electron chi connectivity index (χ4n) is 3.09. The van der Waals surface area contributed by atoms with Crippen molar-refractivity contribution in [1.82, 2.24) is 14.8 Å². The summed E-state index contributed by atoms with van der Waals surface area (Å²) in [6.45, 7) is 6.53. The van der Waals surface area contributed by atoms with Crippen LogP contribution in [0.25, 0.3) is 0 Å². The van der Waals surface area contributed by atoms with Crippen molar-refractivity contribution in [3.8, 4) is 11.5 Å². The van der Waals surface area contributed by atoms with E-state index in [4.69, 9.17) is 9.47 Å². The fraction of sp³-hybridized carbons (Fsp3) is 0.400. The largest absolute Gasteiger partial charge is 0.497 e. The highest BCUT2D eigenvalue weighted by Crippen LogP contribution is 2.31. The van der Waals surface area contributed by atoms with Crippen LogP contribution in [0.2, 0.25) is 0 Å². The van der Waals surface area contributed by atoms with Crippen molar-refractivity contribution in [2.75, 3.05) is 52.3 Å². The van der Waals surface area contributed by atoms with E-state index < -0.39 is 0 Å². The van der Waals surface area contributed by atoms with Crippen LogP contribution in [0.4, 0.5) is 11.5 Å². The molecule has 1 amide bonds. The summed E-state index contributed by atoms with van der Waals surface area (Å²) in [5, 5.41) is 3.21. The van der Waals surface area contributed by atoms with Gasteiger partial charge in [0.15, 0.2) is 0 Å². The highest BCUT2D eigenvalue weighted by molar-refractivity contribution is 5.94. The van der Waals surface area contributed by atoms with Crippen LogP contribution >= 0.6 is 0 Å². The van der Waals surface area contributed by atoms with Crippen molar-refractivity contribution in [3.63, 3.8) is 0 Å². The minimum absolute atomic E-state index is 0.0313. The number of carbonyl (C=O) groups is 1. The van der Waals surface area contributed by atoms with Crippen LogP contribution in [0.15, 0.2) is 36.5 Å². The second kappa shape index (κ2) is 8.73. The Morgan fingerprint density at radius 2 is 1.89 bits per heavy atom. The molecule has 1 aromatic carbocycles. The Labute approximate surface area is 159 Å². The highest BCUT2D eigenvalue weighted by Gasteiger charge is 2.21. The molecule has 1 aliphatic rings. The first kappa shape index (κ1) is 19.0. The predicted octanol–water partition coefficient (Wildman–Crippen LogP) is 2.62. The smallest absolute Gasteiger partial charge is 0.255 e. The van der Waals surface area contributed by atoms with E-state index in [1.54, 1.807) is 32.5 Å². The van der Waals surface area contributed by atoms with Gasteiger partial charge >= 0.3 is 0 Å². The third-order valence-electron chi connectivity index (χ3n) is 4.79. The van der Waals surface area contributed by atoms with E-state index in [-0.39, 0.29) is 5.91 Å². The number of nitrogens with zero attached hydrogens (tertiary/aromatic N) is 3. The Morgan fingerprint density at radius 1 is 1.11 bits per heavy atom. The van der Waals surface area contributed by atoms with Crippen LogP contribution in [-0.4, -0.2) is 67.6 Å². The van der Waals surface area contributed by atoms with E-state index in [0.717, 1.165) is 44.2 Å². The van der Waals surface area contributed by atoms with Gasteiger partial charge in [0.2, 0.25) is 0 Å². The monoisotopic (exact) mass is 370 g/mol. The number of hydrogen-bond acceptors (Lipinski definition) is 6. The summed E-state index contributed by atoms with van der Waals surface area (Å²) in [5.74, 6) is 2.07. The van der Waals surface area contributed by atoms with Crippen molar-refractivity contribution in [2.24, 2.45) is 0 Å². The molecule has 0 radical (unpaired) electrons. The molecular weight excluding hydrogens is 344 g/mol. The number of nitrogens with one attached hydrogen (secondary N) is 1. The van der Waals surface area contributed by atoms with Crippen LogP contribution in [-0.2, 0) is 0 Å². The predicted molar refractivity (Wildman–Crippen MR) is 105 cm³/mol. The zero-order valence-electron chi connectivity index (χ0n) is 16.1. The van der Waals surface area contributed by atoms with E-state index in [9.17, 15) is 4.79 Å². The van der Waals surface area contributed by atoms with Crippen molar-refractivity contribution in [1.29, 1.82) is 0 Å². The summed E-state index contributed by atoms with van der Waals surface area (Å²) in [7, 11) is 3.23. The van der Waals surface area contributed by atoms with Crippen molar-refractivity contribution >= 4 is 17.4 Å². The molecule has 0 unspecified atom stereocenters. The number of hydrogen-bond donors (Lipinski definition) is 1. The lowest BCUT2D eigenvalue weighted by molar-refractivity contribution is 0.0643. The SMILES string of the molecule is CCN1CCN(C(=O)c2ccc(Nc3cc(OC)ccc3OC)nc2)CC1. The van der Waals surface area contributed by atoms with Gasteiger partial charge in [-0.1, -0.05) is 6.92 Å². The van der Waals surface area contributed by atoms with E-state index in [1.165, 1.54) is 0 Å². The molecule has 1 aliphatic heterocycles. The Bertz CT molecular complexity index is 771. The summed E-state index contributed by atoms with van der Waals surface area (Å²) in [4.78, 5) is 21.3. The van der Waals surface area contributed by atoms with Crippen LogP contribution in [0.1, 0.15) is 17.3 Å². The molecule has 0 atom stereocenters. The number of aromatic nitrogens is 1. The number of likely N-dealkylation sites (N-methyl/N-ethyl adjacent to an activating group) is 1. The van der Waals surface area contributed by atoms with Gasteiger partial charge in [-0.15, -0.1) is 0 Å². The first-order valence-corrected chi connectivity index (χ1v) is 9.11. The van der Waals surface area contributed by atoms with Gasteiger partial charge in [-0.2, -0.15) is 0 Å². The molecule has 1 fully saturated rings. The molecule has 2 heterocycles. The van der Waals surface area contributed by atoms with Crippen LogP contribution < -0.4 is 14.8 Å². The van der Waals surface area contributed by atoms with Crippen molar-refractivity contribution < 1.29 is 14.3 Å². The molecule has 0 spiro atoms. The average molecular weight is 370 g/mol. The summed E-state index contributed by atoms with van der Waals surface area (Å²) in [6, 6.07) is 9.10. The standard InChI is InChI=1S/C20H26N4O3/c1-4-23-9-11-24(12-10-23)20(25)15-5-8-19(21-14-15)22-17-13-16(26-2)6-7-18(17)27-3/h5-8,13-14H,4,9-12H2,1-3H3,(H,21,22). The second-order valence-electron chi connectivity index (χ2n) is 6.35. The molecule has 0 bridgehead atoms. The molecule has 3 rings (SSSR count). The number of piperazine rings is 1. The molecule has 144 valence electrons. The maximum absolute atomic E-state index is 12.7. The van der Waals surface area contributed by atoms with Crippen LogP contribution in [0, 0.1) is 0 Å². The van der Waals surface area contributed by atoms with Gasteiger partial charge in [-0.05, 0) is 30.8 Å². The number of pyridine rings is 1. The second-order valence-corrected chi connectivity index (χ2v) is 6.35. The van der Waals surface area contributed by atoms with Crippen molar-refractivity contribution in [3.05, 3.63) is 42.1 Å².